The first-order valence-corrected chi connectivity index (χ1v) is 8.25. The number of hydrogen-bond donors (Lipinski definition) is 2. The van der Waals surface area contributed by atoms with Gasteiger partial charge in [0.05, 0.1) is 5.60 Å². The first-order valence-electron chi connectivity index (χ1n) is 7.26. The highest BCUT2D eigenvalue weighted by molar-refractivity contribution is 7.99. The van der Waals surface area contributed by atoms with E-state index in [0.717, 1.165) is 12.2 Å². The quantitative estimate of drug-likeness (QED) is 0.543. The van der Waals surface area contributed by atoms with Crippen LogP contribution < -0.4 is 5.32 Å². The molecule has 1 rings (SSSR count). The number of carbonyl (C=O) groups excluding carboxylic acids is 1. The fourth-order valence-electron chi connectivity index (χ4n) is 1.79. The van der Waals surface area contributed by atoms with Crippen LogP contribution in [0, 0.1) is 0 Å². The van der Waals surface area contributed by atoms with Gasteiger partial charge in [-0.1, -0.05) is 32.0 Å². The molecule has 0 saturated carbocycles. The summed E-state index contributed by atoms with van der Waals surface area (Å²) >= 11 is 1.77. The van der Waals surface area contributed by atoms with Crippen LogP contribution in [0.5, 0.6) is 0 Å². The van der Waals surface area contributed by atoms with E-state index < -0.39 is 5.60 Å². The normalized spacial score (nSPS) is 11.3. The topological polar surface area (TPSA) is 49.3 Å². The lowest BCUT2D eigenvalue weighted by molar-refractivity contribution is -0.122. The van der Waals surface area contributed by atoms with Crippen molar-refractivity contribution in [2.75, 3.05) is 12.3 Å². The Balaban J connectivity index is 2.14. The molecule has 4 heteroatoms. The molecule has 0 saturated heterocycles. The van der Waals surface area contributed by atoms with E-state index in [-0.39, 0.29) is 5.91 Å². The van der Waals surface area contributed by atoms with Gasteiger partial charge in [0.1, 0.15) is 0 Å². The van der Waals surface area contributed by atoms with Crippen LogP contribution >= 0.6 is 11.8 Å². The SMILES string of the molecule is CCC(O)(CC)CNC(=O)CCCSc1ccccc1. The highest BCUT2D eigenvalue weighted by atomic mass is 32.2. The summed E-state index contributed by atoms with van der Waals surface area (Å²) in [6, 6.07) is 10.2. The van der Waals surface area contributed by atoms with Crippen LogP contribution in [0.1, 0.15) is 39.5 Å². The minimum atomic E-state index is -0.756. The molecule has 1 amide bonds. The Morgan fingerprint density at radius 3 is 2.50 bits per heavy atom. The smallest absolute Gasteiger partial charge is 0.220 e. The van der Waals surface area contributed by atoms with Gasteiger partial charge in [0.25, 0.3) is 0 Å². The third-order valence-corrected chi connectivity index (χ3v) is 4.59. The van der Waals surface area contributed by atoms with Crippen molar-refractivity contribution in [2.45, 2.75) is 50.0 Å². The molecule has 0 radical (unpaired) electrons. The number of rotatable bonds is 9. The van der Waals surface area contributed by atoms with E-state index in [0.29, 0.717) is 25.8 Å². The molecular weight excluding hydrogens is 270 g/mol. The van der Waals surface area contributed by atoms with Crippen molar-refractivity contribution in [3.8, 4) is 0 Å². The van der Waals surface area contributed by atoms with Crippen molar-refractivity contribution >= 4 is 17.7 Å². The predicted molar refractivity (Wildman–Crippen MR) is 84.9 cm³/mol. The van der Waals surface area contributed by atoms with E-state index in [1.54, 1.807) is 11.8 Å². The van der Waals surface area contributed by atoms with E-state index in [1.165, 1.54) is 4.90 Å². The third kappa shape index (κ3) is 6.44. The van der Waals surface area contributed by atoms with Gasteiger partial charge in [0.15, 0.2) is 0 Å². The van der Waals surface area contributed by atoms with Crippen LogP contribution in [0.2, 0.25) is 0 Å². The van der Waals surface area contributed by atoms with E-state index in [1.807, 2.05) is 32.0 Å². The second kappa shape index (κ2) is 9.03. The molecule has 0 aliphatic carbocycles. The van der Waals surface area contributed by atoms with Crippen molar-refractivity contribution < 1.29 is 9.90 Å². The average Bonchev–Trinajstić information content (AvgIpc) is 2.50. The molecule has 0 spiro atoms. The van der Waals surface area contributed by atoms with Gasteiger partial charge in [0.2, 0.25) is 5.91 Å². The standard InChI is InChI=1S/C16H25NO2S/c1-3-16(19,4-2)13-17-15(18)11-8-12-20-14-9-6-5-7-10-14/h5-7,9-10,19H,3-4,8,11-13H2,1-2H3,(H,17,18). The molecular formula is C16H25NO2S. The highest BCUT2D eigenvalue weighted by Crippen LogP contribution is 2.18. The molecule has 0 unspecified atom stereocenters. The van der Waals surface area contributed by atoms with E-state index in [9.17, 15) is 9.90 Å². The molecule has 112 valence electrons. The van der Waals surface area contributed by atoms with Gasteiger partial charge in [-0.3, -0.25) is 4.79 Å². The fraction of sp³-hybridized carbons (Fsp3) is 0.562. The molecule has 0 fully saturated rings. The number of carbonyl (C=O) groups is 1. The summed E-state index contributed by atoms with van der Waals surface area (Å²) in [7, 11) is 0. The molecule has 2 N–H and O–H groups in total. The molecule has 0 aliphatic heterocycles. The average molecular weight is 295 g/mol. The minimum absolute atomic E-state index is 0.0268. The van der Waals surface area contributed by atoms with Crippen LogP contribution in [-0.4, -0.2) is 28.9 Å². The summed E-state index contributed by atoms with van der Waals surface area (Å²) < 4.78 is 0. The number of nitrogens with one attached hydrogen (secondary N) is 1. The lowest BCUT2D eigenvalue weighted by atomic mass is 9.97. The van der Waals surface area contributed by atoms with Crippen molar-refractivity contribution in [2.24, 2.45) is 0 Å². The second-order valence-electron chi connectivity index (χ2n) is 4.97. The summed E-state index contributed by atoms with van der Waals surface area (Å²) in [5, 5.41) is 12.9. The van der Waals surface area contributed by atoms with E-state index >= 15 is 0 Å². The Kier molecular flexibility index (Phi) is 7.70. The van der Waals surface area contributed by atoms with Gasteiger partial charge >= 0.3 is 0 Å². The van der Waals surface area contributed by atoms with Gasteiger partial charge in [-0.05, 0) is 37.1 Å². The molecule has 0 bridgehead atoms. The zero-order valence-electron chi connectivity index (χ0n) is 12.4. The number of aliphatic hydroxyl groups is 1. The van der Waals surface area contributed by atoms with Crippen molar-refractivity contribution in [3.63, 3.8) is 0 Å². The van der Waals surface area contributed by atoms with Gasteiger partial charge in [0, 0.05) is 17.9 Å². The van der Waals surface area contributed by atoms with Gasteiger partial charge < -0.3 is 10.4 Å². The Morgan fingerprint density at radius 2 is 1.90 bits per heavy atom. The maximum absolute atomic E-state index is 11.7. The minimum Gasteiger partial charge on any atom is -0.388 e. The summed E-state index contributed by atoms with van der Waals surface area (Å²) in [6.07, 6.45) is 2.69. The van der Waals surface area contributed by atoms with Crippen molar-refractivity contribution in [3.05, 3.63) is 30.3 Å². The van der Waals surface area contributed by atoms with Crippen molar-refractivity contribution in [1.82, 2.24) is 5.32 Å². The number of benzene rings is 1. The number of hydrogen-bond acceptors (Lipinski definition) is 3. The lowest BCUT2D eigenvalue weighted by Crippen LogP contribution is -2.41. The number of amides is 1. The molecule has 0 heterocycles. The van der Waals surface area contributed by atoms with Gasteiger partial charge in [-0.15, -0.1) is 11.8 Å². The molecule has 1 aromatic rings. The molecule has 1 aromatic carbocycles. The van der Waals surface area contributed by atoms with Crippen LogP contribution in [0.25, 0.3) is 0 Å². The zero-order valence-corrected chi connectivity index (χ0v) is 13.2. The summed E-state index contributed by atoms with van der Waals surface area (Å²) in [5.74, 6) is 0.961. The largest absolute Gasteiger partial charge is 0.388 e. The highest BCUT2D eigenvalue weighted by Gasteiger charge is 2.22. The molecule has 20 heavy (non-hydrogen) atoms. The van der Waals surface area contributed by atoms with Crippen LogP contribution in [0.3, 0.4) is 0 Å². The summed E-state index contributed by atoms with van der Waals surface area (Å²) in [4.78, 5) is 12.9. The molecule has 0 aromatic heterocycles. The molecule has 3 nitrogen and oxygen atoms in total. The Morgan fingerprint density at radius 1 is 1.25 bits per heavy atom. The van der Waals surface area contributed by atoms with Gasteiger partial charge in [-0.25, -0.2) is 0 Å². The van der Waals surface area contributed by atoms with Crippen LogP contribution in [-0.2, 0) is 4.79 Å². The first-order chi connectivity index (χ1) is 9.59. The van der Waals surface area contributed by atoms with E-state index in [4.69, 9.17) is 0 Å². The first kappa shape index (κ1) is 17.1. The zero-order chi connectivity index (χ0) is 14.8. The van der Waals surface area contributed by atoms with Gasteiger partial charge in [-0.2, -0.15) is 0 Å². The van der Waals surface area contributed by atoms with E-state index in [2.05, 4.69) is 17.4 Å². The maximum atomic E-state index is 11.7. The summed E-state index contributed by atoms with van der Waals surface area (Å²) in [6.45, 7) is 4.23. The second-order valence-corrected chi connectivity index (χ2v) is 6.14. The van der Waals surface area contributed by atoms with Crippen LogP contribution in [0.4, 0.5) is 0 Å². The third-order valence-electron chi connectivity index (χ3n) is 3.49. The molecule has 0 atom stereocenters. The van der Waals surface area contributed by atoms with Crippen LogP contribution in [0.15, 0.2) is 35.2 Å². The maximum Gasteiger partial charge on any atom is 0.220 e. The molecule has 0 aliphatic rings. The Labute approximate surface area is 126 Å². The van der Waals surface area contributed by atoms with Crippen molar-refractivity contribution in [1.29, 1.82) is 0 Å². The Hall–Kier alpha value is -1.00. The number of thioether (sulfide) groups is 1. The summed E-state index contributed by atoms with van der Waals surface area (Å²) in [5.41, 5.74) is -0.756. The monoisotopic (exact) mass is 295 g/mol. The predicted octanol–water partition coefficient (Wildman–Crippen LogP) is 3.23. The fourth-order valence-corrected chi connectivity index (χ4v) is 2.66. The lowest BCUT2D eigenvalue weighted by Gasteiger charge is -2.25. The Bertz CT molecular complexity index is 391.